The van der Waals surface area contributed by atoms with Crippen molar-refractivity contribution in [3.05, 3.63) is 33.9 Å². The van der Waals surface area contributed by atoms with Crippen LogP contribution < -0.4 is 11.3 Å². The Morgan fingerprint density at radius 1 is 1.41 bits per heavy atom. The topological polar surface area (TPSA) is 89.6 Å². The molecule has 0 unspecified atom stereocenters. The van der Waals surface area contributed by atoms with Gasteiger partial charge in [-0.3, -0.25) is 9.89 Å². The zero-order valence-electron chi connectivity index (χ0n) is 9.90. The molecule has 2 aromatic rings. The molecule has 0 saturated heterocycles. The first-order chi connectivity index (χ1) is 8.13. The molecular formula is C11H15N5O. The van der Waals surface area contributed by atoms with Crippen LogP contribution in [0.5, 0.6) is 0 Å². The molecule has 0 radical (unpaired) electrons. The number of aromatic amines is 1. The summed E-state index contributed by atoms with van der Waals surface area (Å²) in [6.07, 6.45) is 1.66. The molecule has 0 spiro atoms. The van der Waals surface area contributed by atoms with Gasteiger partial charge in [0.2, 0.25) is 0 Å². The van der Waals surface area contributed by atoms with Crippen LogP contribution in [0.4, 0.5) is 5.69 Å². The second kappa shape index (κ2) is 4.40. The summed E-state index contributed by atoms with van der Waals surface area (Å²) in [6.45, 7) is 3.87. The molecule has 0 amide bonds. The highest BCUT2D eigenvalue weighted by atomic mass is 16.1. The van der Waals surface area contributed by atoms with Gasteiger partial charge < -0.3 is 5.73 Å². The van der Waals surface area contributed by atoms with Gasteiger partial charge in [0.15, 0.2) is 5.82 Å². The number of rotatable bonds is 3. The van der Waals surface area contributed by atoms with E-state index in [-0.39, 0.29) is 11.2 Å². The minimum atomic E-state index is -0.272. The van der Waals surface area contributed by atoms with Crippen molar-refractivity contribution in [1.82, 2.24) is 20.0 Å². The molecular weight excluding hydrogens is 218 g/mol. The highest BCUT2D eigenvalue weighted by Crippen LogP contribution is 2.08. The van der Waals surface area contributed by atoms with E-state index in [0.29, 0.717) is 5.82 Å². The van der Waals surface area contributed by atoms with E-state index in [1.165, 1.54) is 4.68 Å². The molecule has 0 aliphatic heterocycles. The monoisotopic (exact) mass is 233 g/mol. The van der Waals surface area contributed by atoms with Gasteiger partial charge in [0.1, 0.15) is 5.69 Å². The van der Waals surface area contributed by atoms with Crippen molar-refractivity contribution in [2.24, 2.45) is 0 Å². The molecule has 0 aromatic carbocycles. The lowest BCUT2D eigenvalue weighted by Gasteiger charge is -1.99. The SMILES string of the molecule is CCCc1[nH]n(-c2ccc(C)nn2)c(=O)c1N. The van der Waals surface area contributed by atoms with Gasteiger partial charge in [0.05, 0.1) is 11.4 Å². The highest BCUT2D eigenvalue weighted by molar-refractivity contribution is 5.43. The Morgan fingerprint density at radius 2 is 2.18 bits per heavy atom. The van der Waals surface area contributed by atoms with E-state index in [4.69, 9.17) is 5.73 Å². The fraction of sp³-hybridized carbons (Fsp3) is 0.364. The van der Waals surface area contributed by atoms with Crippen LogP contribution in [-0.4, -0.2) is 20.0 Å². The Hall–Kier alpha value is -2.11. The largest absolute Gasteiger partial charge is 0.393 e. The van der Waals surface area contributed by atoms with Gasteiger partial charge >= 0.3 is 0 Å². The van der Waals surface area contributed by atoms with Crippen LogP contribution in [0, 0.1) is 6.92 Å². The van der Waals surface area contributed by atoms with Crippen molar-refractivity contribution in [1.29, 1.82) is 0 Å². The Morgan fingerprint density at radius 3 is 2.76 bits per heavy atom. The number of hydrogen-bond acceptors (Lipinski definition) is 4. The predicted octanol–water partition coefficient (Wildman–Crippen LogP) is 0.799. The number of aromatic nitrogens is 4. The molecule has 0 fully saturated rings. The number of hydrogen-bond donors (Lipinski definition) is 2. The summed E-state index contributed by atoms with van der Waals surface area (Å²) < 4.78 is 1.33. The smallest absolute Gasteiger partial charge is 0.296 e. The third kappa shape index (κ3) is 2.06. The summed E-state index contributed by atoms with van der Waals surface area (Å²) in [5.41, 5.74) is 7.28. The number of H-pyrrole nitrogens is 1. The van der Waals surface area contributed by atoms with Crippen LogP contribution in [0.25, 0.3) is 5.82 Å². The van der Waals surface area contributed by atoms with Gasteiger partial charge in [-0.2, -0.15) is 9.78 Å². The Balaban J connectivity index is 2.49. The van der Waals surface area contributed by atoms with Crippen molar-refractivity contribution in [2.45, 2.75) is 26.7 Å². The average molecular weight is 233 g/mol. The molecule has 90 valence electrons. The number of nitrogens with two attached hydrogens (primary N) is 1. The van der Waals surface area contributed by atoms with Gasteiger partial charge in [0.25, 0.3) is 5.56 Å². The quantitative estimate of drug-likeness (QED) is 0.820. The first-order valence-electron chi connectivity index (χ1n) is 5.53. The Kier molecular flexibility index (Phi) is 2.95. The van der Waals surface area contributed by atoms with Crippen molar-refractivity contribution < 1.29 is 0 Å². The van der Waals surface area contributed by atoms with E-state index < -0.39 is 0 Å². The predicted molar refractivity (Wildman–Crippen MR) is 65.1 cm³/mol. The molecule has 17 heavy (non-hydrogen) atoms. The van der Waals surface area contributed by atoms with Crippen molar-refractivity contribution in [2.75, 3.05) is 5.73 Å². The van der Waals surface area contributed by atoms with Crippen molar-refractivity contribution >= 4 is 5.69 Å². The molecule has 6 nitrogen and oxygen atoms in total. The molecule has 3 N–H and O–H groups in total. The van der Waals surface area contributed by atoms with E-state index in [1.807, 2.05) is 13.8 Å². The van der Waals surface area contributed by atoms with Gasteiger partial charge in [0, 0.05) is 0 Å². The van der Waals surface area contributed by atoms with Gasteiger partial charge in [-0.25, -0.2) is 0 Å². The molecule has 0 aliphatic rings. The van der Waals surface area contributed by atoms with Gasteiger partial charge in [-0.05, 0) is 25.5 Å². The van der Waals surface area contributed by atoms with Crippen LogP contribution >= 0.6 is 0 Å². The Labute approximate surface area is 98.5 Å². The second-order valence-corrected chi connectivity index (χ2v) is 3.93. The zero-order valence-corrected chi connectivity index (χ0v) is 9.90. The first kappa shape index (κ1) is 11.4. The summed E-state index contributed by atoms with van der Waals surface area (Å²) in [6, 6.07) is 3.53. The van der Waals surface area contributed by atoms with E-state index in [0.717, 1.165) is 24.2 Å². The third-order valence-electron chi connectivity index (χ3n) is 2.52. The second-order valence-electron chi connectivity index (χ2n) is 3.93. The Bertz CT molecular complexity index is 567. The maximum Gasteiger partial charge on any atom is 0.296 e. The first-order valence-corrected chi connectivity index (χ1v) is 5.53. The van der Waals surface area contributed by atoms with Crippen LogP contribution in [0.15, 0.2) is 16.9 Å². The van der Waals surface area contributed by atoms with Gasteiger partial charge in [-0.15, -0.1) is 5.10 Å². The molecule has 0 saturated carbocycles. The minimum absolute atomic E-state index is 0.259. The van der Waals surface area contributed by atoms with E-state index >= 15 is 0 Å². The molecule has 0 bridgehead atoms. The highest BCUT2D eigenvalue weighted by Gasteiger charge is 2.12. The summed E-state index contributed by atoms with van der Waals surface area (Å²) in [5, 5.41) is 10.8. The molecule has 0 atom stereocenters. The lowest BCUT2D eigenvalue weighted by Crippen LogP contribution is -2.18. The molecule has 2 aromatic heterocycles. The number of aryl methyl sites for hydroxylation is 2. The molecule has 6 heteroatoms. The zero-order chi connectivity index (χ0) is 12.4. The maximum absolute atomic E-state index is 11.9. The van der Waals surface area contributed by atoms with Crippen LogP contribution in [0.3, 0.4) is 0 Å². The molecule has 2 heterocycles. The fourth-order valence-corrected chi connectivity index (χ4v) is 1.61. The summed E-state index contributed by atoms with van der Waals surface area (Å²) in [4.78, 5) is 11.9. The van der Waals surface area contributed by atoms with Crippen LogP contribution in [-0.2, 0) is 6.42 Å². The van der Waals surface area contributed by atoms with Crippen molar-refractivity contribution in [3.8, 4) is 5.82 Å². The van der Waals surface area contributed by atoms with E-state index in [2.05, 4.69) is 15.3 Å². The summed E-state index contributed by atoms with van der Waals surface area (Å²) in [5.74, 6) is 0.453. The maximum atomic E-state index is 11.9. The minimum Gasteiger partial charge on any atom is -0.393 e. The van der Waals surface area contributed by atoms with E-state index in [1.54, 1.807) is 12.1 Å². The lowest BCUT2D eigenvalue weighted by molar-refractivity contribution is 0.755. The molecule has 0 aliphatic carbocycles. The summed E-state index contributed by atoms with van der Waals surface area (Å²) >= 11 is 0. The standard InChI is InChI=1S/C11H15N5O/c1-3-4-8-10(12)11(17)16(15-8)9-6-5-7(2)13-14-9/h5-6,15H,3-4,12H2,1-2H3. The van der Waals surface area contributed by atoms with E-state index in [9.17, 15) is 4.79 Å². The van der Waals surface area contributed by atoms with Gasteiger partial charge in [-0.1, -0.05) is 13.3 Å². The van der Waals surface area contributed by atoms with Crippen molar-refractivity contribution in [3.63, 3.8) is 0 Å². The fourth-order valence-electron chi connectivity index (χ4n) is 1.61. The summed E-state index contributed by atoms with van der Waals surface area (Å²) in [7, 11) is 0. The number of nitrogen functional groups attached to an aromatic ring is 1. The average Bonchev–Trinajstić information content (AvgIpc) is 2.59. The number of anilines is 1. The molecule has 2 rings (SSSR count). The lowest BCUT2D eigenvalue weighted by atomic mass is 10.2. The number of nitrogens with one attached hydrogen (secondary N) is 1. The van der Waals surface area contributed by atoms with Crippen LogP contribution in [0.1, 0.15) is 24.7 Å². The normalized spacial score (nSPS) is 10.7. The number of nitrogens with zero attached hydrogens (tertiary/aromatic N) is 3. The third-order valence-corrected chi connectivity index (χ3v) is 2.52. The van der Waals surface area contributed by atoms with Crippen LogP contribution in [0.2, 0.25) is 0 Å².